The molecule has 0 saturated carbocycles. The number of carbonyl (C=O) groups is 1. The highest BCUT2D eigenvalue weighted by atomic mass is 16.2. The van der Waals surface area contributed by atoms with E-state index in [2.05, 4.69) is 10.4 Å². The maximum Gasteiger partial charge on any atom is 0.275 e. The molecular weight excluding hydrogens is 252 g/mol. The van der Waals surface area contributed by atoms with Gasteiger partial charge in [0, 0.05) is 37.6 Å². The molecular formula is C15H18N4O. The fraction of sp³-hybridized carbons (Fsp3) is 0.467. The van der Waals surface area contributed by atoms with Crippen molar-refractivity contribution in [3.8, 4) is 0 Å². The van der Waals surface area contributed by atoms with E-state index in [1.54, 1.807) is 4.68 Å². The van der Waals surface area contributed by atoms with Gasteiger partial charge in [-0.1, -0.05) is 18.2 Å². The van der Waals surface area contributed by atoms with Crippen molar-refractivity contribution in [1.29, 1.82) is 0 Å². The SMILES string of the molecule is Cn1nc(C(=O)N2CC3CCC2CN3)c2ccccc21. The van der Waals surface area contributed by atoms with Crippen LogP contribution in [0.5, 0.6) is 0 Å². The van der Waals surface area contributed by atoms with E-state index in [1.807, 2.05) is 36.2 Å². The number of benzene rings is 1. The van der Waals surface area contributed by atoms with Crippen LogP contribution in [0.25, 0.3) is 10.9 Å². The van der Waals surface area contributed by atoms with Crippen LogP contribution in [0.2, 0.25) is 0 Å². The van der Waals surface area contributed by atoms with Crippen LogP contribution in [0.4, 0.5) is 0 Å². The van der Waals surface area contributed by atoms with E-state index in [9.17, 15) is 4.79 Å². The lowest BCUT2D eigenvalue weighted by Gasteiger charge is -2.45. The number of rotatable bonds is 1. The third-order valence-electron chi connectivity index (χ3n) is 4.57. The molecule has 5 rings (SSSR count). The summed E-state index contributed by atoms with van der Waals surface area (Å²) >= 11 is 0. The molecule has 1 amide bonds. The molecule has 2 aromatic rings. The number of aryl methyl sites for hydroxylation is 1. The van der Waals surface area contributed by atoms with Crippen molar-refractivity contribution < 1.29 is 4.79 Å². The molecule has 2 unspecified atom stereocenters. The lowest BCUT2D eigenvalue weighted by Crippen LogP contribution is -2.62. The molecule has 0 aliphatic carbocycles. The summed E-state index contributed by atoms with van der Waals surface area (Å²) in [6, 6.07) is 8.71. The maximum absolute atomic E-state index is 12.8. The van der Waals surface area contributed by atoms with E-state index in [0.29, 0.717) is 17.8 Å². The number of hydrogen-bond acceptors (Lipinski definition) is 3. The first kappa shape index (κ1) is 11.9. The van der Waals surface area contributed by atoms with Gasteiger partial charge in [-0.25, -0.2) is 0 Å². The monoisotopic (exact) mass is 270 g/mol. The second-order valence-electron chi connectivity index (χ2n) is 5.78. The molecule has 3 aliphatic heterocycles. The highest BCUT2D eigenvalue weighted by Crippen LogP contribution is 2.26. The number of para-hydroxylation sites is 1. The van der Waals surface area contributed by atoms with Gasteiger partial charge in [-0.2, -0.15) is 5.10 Å². The van der Waals surface area contributed by atoms with Crippen LogP contribution in [0.15, 0.2) is 24.3 Å². The number of piperazine rings is 1. The van der Waals surface area contributed by atoms with Gasteiger partial charge >= 0.3 is 0 Å². The number of nitrogens with zero attached hydrogens (tertiary/aromatic N) is 3. The number of nitrogens with one attached hydrogen (secondary N) is 1. The Bertz CT molecular complexity index is 670. The molecule has 20 heavy (non-hydrogen) atoms. The summed E-state index contributed by atoms with van der Waals surface area (Å²) < 4.78 is 1.79. The van der Waals surface area contributed by atoms with Crippen LogP contribution < -0.4 is 5.32 Å². The molecule has 1 aromatic heterocycles. The summed E-state index contributed by atoms with van der Waals surface area (Å²) in [5, 5.41) is 8.88. The topological polar surface area (TPSA) is 50.2 Å². The van der Waals surface area contributed by atoms with Gasteiger partial charge in [-0.3, -0.25) is 9.48 Å². The van der Waals surface area contributed by atoms with E-state index < -0.39 is 0 Å². The number of fused-ring (bicyclic) bond motifs is 4. The standard InChI is InChI=1S/C15H18N4O/c1-18-13-5-3-2-4-12(13)14(17-18)15(20)19-9-10-6-7-11(19)8-16-10/h2-5,10-11,16H,6-9H2,1H3. The third-order valence-corrected chi connectivity index (χ3v) is 4.57. The van der Waals surface area contributed by atoms with Crippen molar-refractivity contribution in [2.75, 3.05) is 13.1 Å². The first-order valence-electron chi connectivity index (χ1n) is 7.20. The Balaban J connectivity index is 1.74. The van der Waals surface area contributed by atoms with Gasteiger partial charge < -0.3 is 10.2 Å². The summed E-state index contributed by atoms with van der Waals surface area (Å²) in [6.07, 6.45) is 2.28. The van der Waals surface area contributed by atoms with Crippen molar-refractivity contribution in [3.05, 3.63) is 30.0 Å². The van der Waals surface area contributed by atoms with Crippen LogP contribution in [0.3, 0.4) is 0 Å². The zero-order valence-corrected chi connectivity index (χ0v) is 11.5. The summed E-state index contributed by atoms with van der Waals surface area (Å²) in [6.45, 7) is 1.73. The lowest BCUT2D eigenvalue weighted by atomic mass is 9.92. The number of piperidine rings is 2. The Morgan fingerprint density at radius 1 is 1.35 bits per heavy atom. The minimum absolute atomic E-state index is 0.0815. The molecule has 5 nitrogen and oxygen atoms in total. The molecule has 1 N–H and O–H groups in total. The van der Waals surface area contributed by atoms with Gasteiger partial charge in [0.15, 0.2) is 5.69 Å². The van der Waals surface area contributed by atoms with E-state index >= 15 is 0 Å². The number of amides is 1. The van der Waals surface area contributed by atoms with Crippen LogP contribution in [0, 0.1) is 0 Å². The Morgan fingerprint density at radius 2 is 2.20 bits per heavy atom. The Morgan fingerprint density at radius 3 is 2.90 bits per heavy atom. The predicted octanol–water partition coefficient (Wildman–Crippen LogP) is 1.15. The smallest absolute Gasteiger partial charge is 0.275 e. The average molecular weight is 270 g/mol. The molecule has 2 atom stereocenters. The molecule has 4 heterocycles. The Labute approximate surface area is 117 Å². The number of aromatic nitrogens is 2. The van der Waals surface area contributed by atoms with Gasteiger partial charge in [0.1, 0.15) is 0 Å². The highest BCUT2D eigenvalue weighted by molar-refractivity contribution is 6.05. The van der Waals surface area contributed by atoms with E-state index in [4.69, 9.17) is 0 Å². The fourth-order valence-corrected chi connectivity index (χ4v) is 3.47. The van der Waals surface area contributed by atoms with Crippen molar-refractivity contribution in [3.63, 3.8) is 0 Å². The molecule has 1 aromatic carbocycles. The van der Waals surface area contributed by atoms with Crippen molar-refractivity contribution >= 4 is 16.8 Å². The Hall–Kier alpha value is -1.88. The average Bonchev–Trinajstić information content (AvgIpc) is 2.85. The molecule has 3 fully saturated rings. The molecule has 3 saturated heterocycles. The quantitative estimate of drug-likeness (QED) is 0.845. The largest absolute Gasteiger partial charge is 0.331 e. The van der Waals surface area contributed by atoms with Crippen molar-refractivity contribution in [2.45, 2.75) is 24.9 Å². The maximum atomic E-state index is 12.8. The summed E-state index contributed by atoms with van der Waals surface area (Å²) in [4.78, 5) is 14.9. The molecule has 104 valence electrons. The van der Waals surface area contributed by atoms with Crippen molar-refractivity contribution in [2.24, 2.45) is 7.05 Å². The Kier molecular flexibility index (Phi) is 2.57. The number of hydrogen-bond donors (Lipinski definition) is 1. The fourth-order valence-electron chi connectivity index (χ4n) is 3.47. The molecule has 0 radical (unpaired) electrons. The van der Waals surface area contributed by atoms with Crippen LogP contribution in [0.1, 0.15) is 23.3 Å². The van der Waals surface area contributed by atoms with Gasteiger partial charge in [-0.05, 0) is 18.9 Å². The first-order chi connectivity index (χ1) is 9.74. The molecule has 5 heteroatoms. The molecule has 3 aliphatic rings. The van der Waals surface area contributed by atoms with Gasteiger partial charge in [0.2, 0.25) is 0 Å². The normalized spacial score (nSPS) is 25.4. The minimum atomic E-state index is 0.0815. The van der Waals surface area contributed by atoms with Crippen molar-refractivity contribution in [1.82, 2.24) is 20.0 Å². The minimum Gasteiger partial charge on any atom is -0.331 e. The van der Waals surface area contributed by atoms with Gasteiger partial charge in [0.25, 0.3) is 5.91 Å². The first-order valence-corrected chi connectivity index (χ1v) is 7.20. The predicted molar refractivity (Wildman–Crippen MR) is 76.6 cm³/mol. The summed E-state index contributed by atoms with van der Waals surface area (Å²) in [5.74, 6) is 0.0815. The molecule has 0 spiro atoms. The second kappa shape index (κ2) is 4.31. The van der Waals surface area contributed by atoms with E-state index in [1.165, 1.54) is 6.42 Å². The van der Waals surface area contributed by atoms with Crippen LogP contribution >= 0.6 is 0 Å². The van der Waals surface area contributed by atoms with Gasteiger partial charge in [-0.15, -0.1) is 0 Å². The summed E-state index contributed by atoms with van der Waals surface area (Å²) in [5.41, 5.74) is 1.60. The summed E-state index contributed by atoms with van der Waals surface area (Å²) in [7, 11) is 1.89. The van der Waals surface area contributed by atoms with E-state index in [-0.39, 0.29) is 5.91 Å². The zero-order chi connectivity index (χ0) is 13.7. The number of carbonyl (C=O) groups excluding carboxylic acids is 1. The van der Waals surface area contributed by atoms with E-state index in [0.717, 1.165) is 30.4 Å². The molecule has 2 bridgehead atoms. The van der Waals surface area contributed by atoms with Gasteiger partial charge in [0.05, 0.1) is 5.52 Å². The highest BCUT2D eigenvalue weighted by Gasteiger charge is 2.37. The second-order valence-corrected chi connectivity index (χ2v) is 5.78. The van der Waals surface area contributed by atoms with Crippen LogP contribution in [-0.4, -0.2) is 45.8 Å². The zero-order valence-electron chi connectivity index (χ0n) is 11.5. The lowest BCUT2D eigenvalue weighted by molar-refractivity contribution is 0.0436. The third kappa shape index (κ3) is 1.66. The van der Waals surface area contributed by atoms with Crippen LogP contribution in [-0.2, 0) is 7.05 Å².